The molecule has 0 saturated heterocycles. The molecule has 0 N–H and O–H groups in total. The lowest BCUT2D eigenvalue weighted by Gasteiger charge is -2.10. The van der Waals surface area contributed by atoms with Gasteiger partial charge in [0, 0.05) is 12.6 Å². The Morgan fingerprint density at radius 3 is 2.73 bits per heavy atom. The van der Waals surface area contributed by atoms with Gasteiger partial charge in [-0.2, -0.15) is 0 Å². The molecule has 134 valence electrons. The molecule has 0 aliphatic heterocycles. The first-order chi connectivity index (χ1) is 12.5. The third-order valence-corrected chi connectivity index (χ3v) is 4.14. The van der Waals surface area contributed by atoms with Crippen LogP contribution in [-0.4, -0.2) is 29.6 Å². The van der Waals surface area contributed by atoms with Gasteiger partial charge in [-0.05, 0) is 23.3 Å². The van der Waals surface area contributed by atoms with Crippen molar-refractivity contribution in [3.8, 4) is 5.75 Å². The number of nitrogens with zero attached hydrogens (tertiary/aromatic N) is 2. The highest BCUT2D eigenvalue weighted by Gasteiger charge is 2.20. The zero-order valence-corrected chi connectivity index (χ0v) is 14.7. The number of hydrogen-bond acceptors (Lipinski definition) is 5. The molecule has 0 spiro atoms. The van der Waals surface area contributed by atoms with E-state index in [1.54, 1.807) is 24.3 Å². The van der Waals surface area contributed by atoms with Crippen molar-refractivity contribution < 1.29 is 18.7 Å². The van der Waals surface area contributed by atoms with Gasteiger partial charge in [0.25, 0.3) is 0 Å². The van der Waals surface area contributed by atoms with Crippen LogP contribution in [0.4, 0.5) is 4.39 Å². The minimum atomic E-state index is -0.772. The molecule has 0 aliphatic rings. The van der Waals surface area contributed by atoms with E-state index in [4.69, 9.17) is 16.3 Å². The van der Waals surface area contributed by atoms with Crippen molar-refractivity contribution in [2.75, 3.05) is 14.2 Å². The monoisotopic (exact) mass is 376 g/mol. The predicted molar refractivity (Wildman–Crippen MR) is 93.6 cm³/mol. The lowest BCUT2D eigenvalue weighted by molar-refractivity contribution is 0.0589. The Hall–Kier alpha value is -2.93. The second-order valence-corrected chi connectivity index (χ2v) is 5.85. The molecule has 0 radical (unpaired) electrons. The van der Waals surface area contributed by atoms with E-state index >= 15 is 0 Å². The smallest absolute Gasteiger partial charge is 0.360 e. The molecule has 0 saturated carbocycles. The molecule has 0 fully saturated rings. The highest BCUT2D eigenvalue weighted by molar-refractivity contribution is 6.30. The standard InChI is InChI=1S/C18H14ClFN2O4/c1-25-16-15(18(24)26-2)21-13-7-6-10(9-22(13)17(16)23)8-11-4-3-5-12(19)14(11)20/h3-7,9H,8H2,1-2H3. The SMILES string of the molecule is COC(=O)c1nc2ccc(Cc3cccc(Cl)c3F)cn2c(=O)c1OC. The normalized spacial score (nSPS) is 10.8. The highest BCUT2D eigenvalue weighted by atomic mass is 35.5. The second-order valence-electron chi connectivity index (χ2n) is 5.45. The van der Waals surface area contributed by atoms with Gasteiger partial charge >= 0.3 is 11.5 Å². The number of carbonyl (C=O) groups is 1. The lowest BCUT2D eigenvalue weighted by atomic mass is 10.1. The van der Waals surface area contributed by atoms with Crippen molar-refractivity contribution in [2.24, 2.45) is 0 Å². The Labute approximate surface area is 152 Å². The van der Waals surface area contributed by atoms with E-state index in [0.29, 0.717) is 11.1 Å². The summed E-state index contributed by atoms with van der Waals surface area (Å²) in [7, 11) is 2.45. The molecule has 2 aromatic heterocycles. The largest absolute Gasteiger partial charge is 0.489 e. The van der Waals surface area contributed by atoms with E-state index in [1.165, 1.54) is 30.9 Å². The first-order valence-electron chi connectivity index (χ1n) is 7.56. The Bertz CT molecular complexity index is 1060. The summed E-state index contributed by atoms with van der Waals surface area (Å²) >= 11 is 5.80. The van der Waals surface area contributed by atoms with E-state index in [-0.39, 0.29) is 28.5 Å². The molecular formula is C18H14ClFN2O4. The van der Waals surface area contributed by atoms with E-state index in [2.05, 4.69) is 9.72 Å². The Balaban J connectivity index is 2.11. The fraction of sp³-hybridized carbons (Fsp3) is 0.167. The molecule has 0 unspecified atom stereocenters. The Morgan fingerprint density at radius 1 is 1.27 bits per heavy atom. The first-order valence-corrected chi connectivity index (χ1v) is 7.94. The van der Waals surface area contributed by atoms with Crippen LogP contribution in [0.2, 0.25) is 5.02 Å². The summed E-state index contributed by atoms with van der Waals surface area (Å²) in [5.74, 6) is -1.50. The fourth-order valence-electron chi connectivity index (χ4n) is 2.60. The number of esters is 1. The fourth-order valence-corrected chi connectivity index (χ4v) is 2.79. The van der Waals surface area contributed by atoms with E-state index in [9.17, 15) is 14.0 Å². The van der Waals surface area contributed by atoms with Crippen LogP contribution in [0.5, 0.6) is 5.75 Å². The zero-order valence-electron chi connectivity index (χ0n) is 14.0. The number of fused-ring (bicyclic) bond motifs is 1. The molecule has 26 heavy (non-hydrogen) atoms. The van der Waals surface area contributed by atoms with Crippen LogP contribution < -0.4 is 10.3 Å². The maximum atomic E-state index is 14.1. The second kappa shape index (κ2) is 7.13. The van der Waals surface area contributed by atoms with Crippen molar-refractivity contribution in [2.45, 2.75) is 6.42 Å². The van der Waals surface area contributed by atoms with Crippen LogP contribution in [0.3, 0.4) is 0 Å². The number of benzene rings is 1. The van der Waals surface area contributed by atoms with Crippen molar-refractivity contribution in [3.05, 3.63) is 74.5 Å². The van der Waals surface area contributed by atoms with Gasteiger partial charge in [-0.1, -0.05) is 29.8 Å². The number of hydrogen-bond donors (Lipinski definition) is 0. The summed E-state index contributed by atoms with van der Waals surface area (Å²) in [6, 6.07) is 7.99. The minimum absolute atomic E-state index is 0.0338. The lowest BCUT2D eigenvalue weighted by Crippen LogP contribution is -2.22. The maximum Gasteiger partial charge on any atom is 0.360 e. The van der Waals surface area contributed by atoms with Crippen LogP contribution in [0.15, 0.2) is 41.3 Å². The molecule has 3 rings (SSSR count). The average Bonchev–Trinajstić information content (AvgIpc) is 2.65. The third-order valence-electron chi connectivity index (χ3n) is 3.85. The molecule has 0 atom stereocenters. The first kappa shape index (κ1) is 17.9. The summed E-state index contributed by atoms with van der Waals surface area (Å²) in [5, 5.41) is 0.0338. The predicted octanol–water partition coefficient (Wildman–Crippen LogP) is 2.87. The van der Waals surface area contributed by atoms with Crippen LogP contribution in [0.25, 0.3) is 5.65 Å². The van der Waals surface area contributed by atoms with Gasteiger partial charge in [-0.25, -0.2) is 14.2 Å². The number of ether oxygens (including phenoxy) is 2. The molecule has 0 bridgehead atoms. The third kappa shape index (κ3) is 3.13. The van der Waals surface area contributed by atoms with Gasteiger partial charge in [0.15, 0.2) is 5.69 Å². The summed E-state index contributed by atoms with van der Waals surface area (Å²) in [5.41, 5.74) is 0.540. The van der Waals surface area contributed by atoms with Crippen LogP contribution in [0.1, 0.15) is 21.6 Å². The number of pyridine rings is 1. The van der Waals surface area contributed by atoms with Gasteiger partial charge in [0.05, 0.1) is 19.2 Å². The molecule has 0 aliphatic carbocycles. The molecule has 1 aromatic carbocycles. The molecule has 6 nitrogen and oxygen atoms in total. The van der Waals surface area contributed by atoms with Crippen LogP contribution in [0, 0.1) is 5.82 Å². The maximum absolute atomic E-state index is 14.1. The van der Waals surface area contributed by atoms with Crippen molar-refractivity contribution in [3.63, 3.8) is 0 Å². The van der Waals surface area contributed by atoms with Crippen LogP contribution >= 0.6 is 11.6 Å². The van der Waals surface area contributed by atoms with E-state index < -0.39 is 17.3 Å². The van der Waals surface area contributed by atoms with Crippen LogP contribution in [-0.2, 0) is 11.2 Å². The molecule has 3 aromatic rings. The summed E-state index contributed by atoms with van der Waals surface area (Å²) < 4.78 is 25.0. The van der Waals surface area contributed by atoms with Crippen molar-refractivity contribution >= 4 is 23.2 Å². The number of aromatic nitrogens is 2. The van der Waals surface area contributed by atoms with Gasteiger partial charge in [0.1, 0.15) is 11.5 Å². The number of halogens is 2. The number of carbonyl (C=O) groups excluding carboxylic acids is 1. The van der Waals surface area contributed by atoms with Gasteiger partial charge in [0.2, 0.25) is 5.75 Å². The van der Waals surface area contributed by atoms with Gasteiger partial charge < -0.3 is 9.47 Å². The van der Waals surface area contributed by atoms with Crippen molar-refractivity contribution in [1.82, 2.24) is 9.38 Å². The Kier molecular flexibility index (Phi) is 4.90. The number of rotatable bonds is 4. The minimum Gasteiger partial charge on any atom is -0.489 e. The highest BCUT2D eigenvalue weighted by Crippen LogP contribution is 2.21. The van der Waals surface area contributed by atoms with Crippen molar-refractivity contribution in [1.29, 1.82) is 0 Å². The van der Waals surface area contributed by atoms with E-state index in [0.717, 1.165) is 0 Å². The molecule has 2 heterocycles. The summed E-state index contributed by atoms with van der Waals surface area (Å²) in [4.78, 5) is 28.5. The van der Waals surface area contributed by atoms with Gasteiger partial charge in [-0.3, -0.25) is 9.20 Å². The quantitative estimate of drug-likeness (QED) is 0.655. The number of methoxy groups -OCH3 is 2. The topological polar surface area (TPSA) is 69.9 Å². The average molecular weight is 377 g/mol. The molecule has 8 heteroatoms. The summed E-state index contributed by atoms with van der Waals surface area (Å²) in [6.45, 7) is 0. The molecular weight excluding hydrogens is 363 g/mol. The zero-order chi connectivity index (χ0) is 18.8. The molecule has 0 amide bonds. The Morgan fingerprint density at radius 2 is 2.04 bits per heavy atom. The van der Waals surface area contributed by atoms with E-state index in [1.807, 2.05) is 0 Å². The summed E-state index contributed by atoms with van der Waals surface area (Å²) in [6.07, 6.45) is 1.75. The van der Waals surface area contributed by atoms with Gasteiger partial charge in [-0.15, -0.1) is 0 Å².